The zero-order valence-electron chi connectivity index (χ0n) is 11.8. The van der Waals surface area contributed by atoms with Crippen LogP contribution in [0.5, 0.6) is 0 Å². The van der Waals surface area contributed by atoms with Gasteiger partial charge in [0, 0.05) is 16.7 Å². The Morgan fingerprint density at radius 3 is 2.39 bits per heavy atom. The molecule has 0 aromatic heterocycles. The molecule has 0 amide bonds. The highest BCUT2D eigenvalue weighted by Crippen LogP contribution is 2.25. The molecule has 1 N–H and O–H groups in total. The van der Waals surface area contributed by atoms with Crippen molar-refractivity contribution in [1.29, 1.82) is 0 Å². The van der Waals surface area contributed by atoms with E-state index in [4.69, 9.17) is 0 Å². The summed E-state index contributed by atoms with van der Waals surface area (Å²) in [4.78, 5) is 0. The molecule has 0 atom stereocenters. The number of benzene rings is 1. The van der Waals surface area contributed by atoms with Crippen LogP contribution in [0.3, 0.4) is 0 Å². The SMILES string of the molecule is CCCCCCCCCNc1cccc(C)c1Br. The molecule has 0 aliphatic carbocycles. The Bertz CT molecular complexity index is 336. The molecule has 102 valence electrons. The van der Waals surface area contributed by atoms with Gasteiger partial charge in [0.25, 0.3) is 0 Å². The van der Waals surface area contributed by atoms with E-state index in [1.54, 1.807) is 0 Å². The fourth-order valence-electron chi connectivity index (χ4n) is 2.09. The average Bonchev–Trinajstić information content (AvgIpc) is 2.37. The van der Waals surface area contributed by atoms with Crippen molar-refractivity contribution in [2.75, 3.05) is 11.9 Å². The molecular weight excluding hydrogens is 286 g/mol. The minimum absolute atomic E-state index is 1.08. The summed E-state index contributed by atoms with van der Waals surface area (Å²) in [6, 6.07) is 6.37. The maximum absolute atomic E-state index is 3.63. The van der Waals surface area contributed by atoms with Crippen LogP contribution in [-0.2, 0) is 0 Å². The summed E-state index contributed by atoms with van der Waals surface area (Å²) in [5, 5.41) is 3.51. The van der Waals surface area contributed by atoms with Gasteiger partial charge in [-0.15, -0.1) is 0 Å². The lowest BCUT2D eigenvalue weighted by Gasteiger charge is -2.10. The molecule has 18 heavy (non-hydrogen) atoms. The molecule has 0 saturated heterocycles. The number of hydrogen-bond donors (Lipinski definition) is 1. The van der Waals surface area contributed by atoms with Gasteiger partial charge in [-0.25, -0.2) is 0 Å². The second-order valence-corrected chi connectivity index (χ2v) is 5.78. The minimum atomic E-state index is 1.08. The van der Waals surface area contributed by atoms with Gasteiger partial charge in [0.2, 0.25) is 0 Å². The second-order valence-electron chi connectivity index (χ2n) is 4.98. The van der Waals surface area contributed by atoms with E-state index >= 15 is 0 Å². The quantitative estimate of drug-likeness (QED) is 0.558. The topological polar surface area (TPSA) is 12.0 Å². The van der Waals surface area contributed by atoms with Crippen LogP contribution >= 0.6 is 15.9 Å². The lowest BCUT2D eigenvalue weighted by atomic mass is 10.1. The summed E-state index contributed by atoms with van der Waals surface area (Å²) in [5.41, 5.74) is 2.51. The van der Waals surface area contributed by atoms with Crippen molar-refractivity contribution in [2.45, 2.75) is 58.8 Å². The normalized spacial score (nSPS) is 10.6. The fourth-order valence-corrected chi connectivity index (χ4v) is 2.49. The third-order valence-electron chi connectivity index (χ3n) is 3.29. The van der Waals surface area contributed by atoms with E-state index in [9.17, 15) is 0 Å². The smallest absolute Gasteiger partial charge is 0.0487 e. The monoisotopic (exact) mass is 311 g/mol. The summed E-state index contributed by atoms with van der Waals surface area (Å²) in [5.74, 6) is 0. The average molecular weight is 312 g/mol. The summed E-state index contributed by atoms with van der Waals surface area (Å²) in [7, 11) is 0. The van der Waals surface area contributed by atoms with E-state index < -0.39 is 0 Å². The third-order valence-corrected chi connectivity index (χ3v) is 4.34. The first-order valence-electron chi connectivity index (χ1n) is 7.24. The van der Waals surface area contributed by atoms with Crippen LogP contribution in [0.4, 0.5) is 5.69 Å². The Labute approximate surface area is 120 Å². The number of rotatable bonds is 9. The number of hydrogen-bond acceptors (Lipinski definition) is 1. The van der Waals surface area contributed by atoms with Gasteiger partial charge in [0.15, 0.2) is 0 Å². The molecule has 0 radical (unpaired) electrons. The van der Waals surface area contributed by atoms with Gasteiger partial charge in [0.05, 0.1) is 0 Å². The number of aryl methyl sites for hydroxylation is 1. The second kappa shape index (κ2) is 9.43. The van der Waals surface area contributed by atoms with Gasteiger partial charge in [0.1, 0.15) is 0 Å². The highest BCUT2D eigenvalue weighted by Gasteiger charge is 2.00. The predicted molar refractivity (Wildman–Crippen MR) is 85.4 cm³/mol. The van der Waals surface area contributed by atoms with Gasteiger partial charge in [-0.3, -0.25) is 0 Å². The Morgan fingerprint density at radius 1 is 1.00 bits per heavy atom. The molecule has 1 rings (SSSR count). The van der Waals surface area contributed by atoms with Crippen molar-refractivity contribution in [3.63, 3.8) is 0 Å². The van der Waals surface area contributed by atoms with Crippen molar-refractivity contribution in [1.82, 2.24) is 0 Å². The number of halogens is 1. The van der Waals surface area contributed by atoms with Crippen LogP contribution in [0.15, 0.2) is 22.7 Å². The Kier molecular flexibility index (Phi) is 8.15. The molecule has 0 aliphatic rings. The van der Waals surface area contributed by atoms with Gasteiger partial charge >= 0.3 is 0 Å². The third kappa shape index (κ3) is 5.90. The number of unbranched alkanes of at least 4 members (excludes halogenated alkanes) is 6. The maximum Gasteiger partial charge on any atom is 0.0487 e. The molecule has 0 bridgehead atoms. The molecule has 1 aromatic carbocycles. The van der Waals surface area contributed by atoms with Gasteiger partial charge < -0.3 is 5.32 Å². The van der Waals surface area contributed by atoms with Crippen molar-refractivity contribution in [2.24, 2.45) is 0 Å². The molecule has 0 saturated carbocycles. The van der Waals surface area contributed by atoms with E-state index in [0.717, 1.165) is 6.54 Å². The van der Waals surface area contributed by atoms with Gasteiger partial charge in [-0.05, 0) is 40.9 Å². The predicted octanol–water partition coefficient (Wildman–Crippen LogP) is 5.92. The van der Waals surface area contributed by atoms with E-state index in [0.29, 0.717) is 0 Å². The number of anilines is 1. The molecule has 1 nitrogen and oxygen atoms in total. The molecule has 0 spiro atoms. The van der Waals surface area contributed by atoms with Crippen LogP contribution in [0.1, 0.15) is 57.4 Å². The molecule has 1 aromatic rings. The first kappa shape index (κ1) is 15.6. The fraction of sp³-hybridized carbons (Fsp3) is 0.625. The highest BCUT2D eigenvalue weighted by molar-refractivity contribution is 9.10. The molecule has 0 unspecified atom stereocenters. The zero-order valence-corrected chi connectivity index (χ0v) is 13.4. The summed E-state index contributed by atoms with van der Waals surface area (Å²) in [6.45, 7) is 5.47. The van der Waals surface area contributed by atoms with E-state index in [2.05, 4.69) is 53.3 Å². The molecule has 0 fully saturated rings. The van der Waals surface area contributed by atoms with E-state index in [1.807, 2.05) is 0 Å². The lowest BCUT2D eigenvalue weighted by Crippen LogP contribution is -2.02. The van der Waals surface area contributed by atoms with Crippen molar-refractivity contribution in [3.05, 3.63) is 28.2 Å². The largest absolute Gasteiger partial charge is 0.384 e. The summed E-state index contributed by atoms with van der Waals surface area (Å²) in [6.07, 6.45) is 9.55. The Hall–Kier alpha value is -0.500. The van der Waals surface area contributed by atoms with Crippen LogP contribution in [0, 0.1) is 6.92 Å². The first-order chi connectivity index (χ1) is 8.75. The van der Waals surface area contributed by atoms with Crippen LogP contribution in [0.25, 0.3) is 0 Å². The van der Waals surface area contributed by atoms with Gasteiger partial charge in [-0.2, -0.15) is 0 Å². The zero-order chi connectivity index (χ0) is 13.2. The van der Waals surface area contributed by atoms with Gasteiger partial charge in [-0.1, -0.05) is 57.6 Å². The van der Waals surface area contributed by atoms with Crippen LogP contribution in [0.2, 0.25) is 0 Å². The molecule has 0 heterocycles. The maximum atomic E-state index is 3.63. The molecular formula is C16H26BrN. The first-order valence-corrected chi connectivity index (χ1v) is 8.04. The minimum Gasteiger partial charge on any atom is -0.384 e. The van der Waals surface area contributed by atoms with Crippen molar-refractivity contribution >= 4 is 21.6 Å². The van der Waals surface area contributed by atoms with Crippen LogP contribution < -0.4 is 5.32 Å². The Balaban J connectivity index is 2.09. The molecule has 0 aliphatic heterocycles. The van der Waals surface area contributed by atoms with Crippen LogP contribution in [-0.4, -0.2) is 6.54 Å². The lowest BCUT2D eigenvalue weighted by molar-refractivity contribution is 0.596. The Morgan fingerprint density at radius 2 is 1.67 bits per heavy atom. The highest BCUT2D eigenvalue weighted by atomic mass is 79.9. The van der Waals surface area contributed by atoms with E-state index in [1.165, 1.54) is 60.7 Å². The number of nitrogens with one attached hydrogen (secondary N) is 1. The molecule has 2 heteroatoms. The van der Waals surface area contributed by atoms with E-state index in [-0.39, 0.29) is 0 Å². The summed E-state index contributed by atoms with van der Waals surface area (Å²) >= 11 is 3.63. The van der Waals surface area contributed by atoms with Crippen molar-refractivity contribution < 1.29 is 0 Å². The summed E-state index contributed by atoms with van der Waals surface area (Å²) < 4.78 is 1.20. The standard InChI is InChI=1S/C16H26BrN/c1-3-4-5-6-7-8-9-13-18-15-12-10-11-14(2)16(15)17/h10-12,18H,3-9,13H2,1-2H3. The van der Waals surface area contributed by atoms with Crippen molar-refractivity contribution in [3.8, 4) is 0 Å².